The van der Waals surface area contributed by atoms with Gasteiger partial charge in [0.05, 0.1) is 0 Å². The van der Waals surface area contributed by atoms with Crippen molar-refractivity contribution >= 4 is 131 Å². The number of para-hydroxylation sites is 2. The predicted molar refractivity (Wildman–Crippen MR) is 360 cm³/mol. The number of thiophene rings is 1. The minimum absolute atomic E-state index is 0.843. The molecule has 4 nitrogen and oxygen atoms in total. The molecule has 3 heterocycles. The van der Waals surface area contributed by atoms with Crippen LogP contribution in [-0.4, -0.2) is 0 Å². The minimum Gasteiger partial charge on any atom is -0.455 e. The number of anilines is 6. The third-order valence-electron chi connectivity index (χ3n) is 17.0. The molecule has 17 rings (SSSR count). The maximum Gasteiger partial charge on any atom is 0.143 e. The molecule has 0 spiro atoms. The average Bonchev–Trinajstić information content (AvgIpc) is 2.28. The lowest BCUT2D eigenvalue weighted by Crippen LogP contribution is -2.12. The van der Waals surface area contributed by atoms with Crippen LogP contribution in [0.1, 0.15) is 0 Å². The number of benzene rings is 14. The molecule has 0 aliphatic carbocycles. The van der Waals surface area contributed by atoms with Crippen LogP contribution in [0.3, 0.4) is 0 Å². The lowest BCUT2D eigenvalue weighted by atomic mass is 9.93. The standard InChI is InChI=1S/C80H50N2O2S/c1-4-18-51(19-5-1)55-46-56(52-20-6-2-7-21-52)48-62(47-55)82(60-41-39-59(40-42-60)81(57-23-8-3-9-24-57)61-43-45-76-72(49-61)66-27-14-15-33-75(66)85-76)58-37-34-54(35-38-58)63-29-17-32-74-77(63)70-31-16-30-68(79(70)83-74)71-50-73-69-44-36-53-22-10-11-25-64(53)78(69)84-80(73)67-28-13-12-26-65(67)71/h1-50H. The molecule has 0 fully saturated rings. The van der Waals surface area contributed by atoms with E-state index in [1.165, 1.54) is 20.2 Å². The van der Waals surface area contributed by atoms with Gasteiger partial charge >= 0.3 is 0 Å². The van der Waals surface area contributed by atoms with Crippen LogP contribution in [0.4, 0.5) is 34.1 Å². The molecule has 0 N–H and O–H groups in total. The second-order valence-electron chi connectivity index (χ2n) is 21.9. The van der Waals surface area contributed by atoms with Crippen LogP contribution in [0.15, 0.2) is 312 Å². The molecule has 0 aliphatic rings. The van der Waals surface area contributed by atoms with Crippen molar-refractivity contribution < 1.29 is 8.83 Å². The van der Waals surface area contributed by atoms with Gasteiger partial charge in [0.15, 0.2) is 0 Å². The van der Waals surface area contributed by atoms with Crippen LogP contribution in [-0.2, 0) is 0 Å². The normalized spacial score (nSPS) is 11.8. The smallest absolute Gasteiger partial charge is 0.143 e. The van der Waals surface area contributed by atoms with E-state index in [1.807, 2.05) is 11.3 Å². The Labute approximate surface area is 494 Å². The molecule has 0 unspecified atom stereocenters. The Balaban J connectivity index is 0.802. The topological polar surface area (TPSA) is 32.8 Å². The van der Waals surface area contributed by atoms with Gasteiger partial charge in [0.1, 0.15) is 22.3 Å². The molecule has 0 saturated heterocycles. The van der Waals surface area contributed by atoms with E-state index in [0.29, 0.717) is 0 Å². The van der Waals surface area contributed by atoms with Crippen molar-refractivity contribution in [2.75, 3.05) is 9.80 Å². The monoisotopic (exact) mass is 1100 g/mol. The molecule has 17 aromatic rings. The molecule has 0 bridgehead atoms. The highest BCUT2D eigenvalue weighted by molar-refractivity contribution is 7.25. The molecule has 0 aliphatic heterocycles. The zero-order chi connectivity index (χ0) is 56.0. The molecule has 0 radical (unpaired) electrons. The van der Waals surface area contributed by atoms with Gasteiger partial charge in [-0.3, -0.25) is 0 Å². The molecular weight excluding hydrogens is 1050 g/mol. The van der Waals surface area contributed by atoms with E-state index in [2.05, 4.69) is 313 Å². The van der Waals surface area contributed by atoms with Crippen LogP contribution in [0.25, 0.3) is 130 Å². The Morgan fingerprint density at radius 2 is 0.765 bits per heavy atom. The number of nitrogens with zero attached hydrogens (tertiary/aromatic N) is 2. The zero-order valence-electron chi connectivity index (χ0n) is 46.0. The largest absolute Gasteiger partial charge is 0.455 e. The second kappa shape index (κ2) is 19.9. The summed E-state index contributed by atoms with van der Waals surface area (Å²) in [5, 5.41) is 11.4. The van der Waals surface area contributed by atoms with Crippen LogP contribution in [0, 0.1) is 0 Å². The zero-order valence-corrected chi connectivity index (χ0v) is 46.8. The first kappa shape index (κ1) is 48.7. The van der Waals surface area contributed by atoms with E-state index >= 15 is 0 Å². The highest BCUT2D eigenvalue weighted by Crippen LogP contribution is 2.48. The number of hydrogen-bond donors (Lipinski definition) is 0. The summed E-state index contributed by atoms with van der Waals surface area (Å²) in [6, 6.07) is 110. The average molecular weight is 1100 g/mol. The van der Waals surface area contributed by atoms with Crippen LogP contribution >= 0.6 is 11.3 Å². The summed E-state index contributed by atoms with van der Waals surface area (Å²) in [7, 11) is 0. The predicted octanol–water partition coefficient (Wildman–Crippen LogP) is 23.8. The van der Waals surface area contributed by atoms with Crippen molar-refractivity contribution in [1.82, 2.24) is 0 Å². The Kier molecular flexibility index (Phi) is 11.4. The molecule has 0 amide bonds. The van der Waals surface area contributed by atoms with Crippen molar-refractivity contribution in [1.29, 1.82) is 0 Å². The summed E-state index contributed by atoms with van der Waals surface area (Å²) >= 11 is 1.84. The Bertz CT molecular complexity index is 5360. The Morgan fingerprint density at radius 1 is 0.235 bits per heavy atom. The third-order valence-corrected chi connectivity index (χ3v) is 18.2. The van der Waals surface area contributed by atoms with Crippen molar-refractivity contribution in [3.63, 3.8) is 0 Å². The fourth-order valence-electron chi connectivity index (χ4n) is 13.0. The van der Waals surface area contributed by atoms with Gasteiger partial charge in [-0.25, -0.2) is 0 Å². The van der Waals surface area contributed by atoms with Gasteiger partial charge in [0.25, 0.3) is 0 Å². The SMILES string of the molecule is c1ccc(-c2cc(-c3ccccc3)cc(N(c3ccc(-c4cccc5oc6c(-c7cc8c9ccc%10ccccc%10c9oc8c8ccccc78)cccc6c45)cc3)c3ccc(N(c4ccccc4)c4ccc5sc6ccccc6c5c4)cc3)c2)cc1. The van der Waals surface area contributed by atoms with Gasteiger partial charge in [-0.2, -0.15) is 0 Å². The molecule has 14 aromatic carbocycles. The van der Waals surface area contributed by atoms with E-state index < -0.39 is 0 Å². The highest BCUT2D eigenvalue weighted by atomic mass is 32.1. The van der Waals surface area contributed by atoms with Crippen molar-refractivity contribution in [2.24, 2.45) is 0 Å². The lowest BCUT2D eigenvalue weighted by Gasteiger charge is -2.29. The summed E-state index contributed by atoms with van der Waals surface area (Å²) in [4.78, 5) is 4.76. The molecule has 5 heteroatoms. The Morgan fingerprint density at radius 3 is 1.49 bits per heavy atom. The molecule has 398 valence electrons. The van der Waals surface area contributed by atoms with Gasteiger partial charge in [-0.05, 0) is 159 Å². The summed E-state index contributed by atoms with van der Waals surface area (Å²) < 4.78 is 16.4. The number of fused-ring (bicyclic) bond motifs is 13. The maximum atomic E-state index is 7.04. The summed E-state index contributed by atoms with van der Waals surface area (Å²) in [6.45, 7) is 0. The van der Waals surface area contributed by atoms with Crippen LogP contribution in [0.5, 0.6) is 0 Å². The van der Waals surface area contributed by atoms with Gasteiger partial charge < -0.3 is 18.6 Å². The molecule has 3 aromatic heterocycles. The van der Waals surface area contributed by atoms with Gasteiger partial charge in [-0.15, -0.1) is 11.3 Å². The first-order valence-electron chi connectivity index (χ1n) is 28.9. The number of furan rings is 2. The van der Waals surface area contributed by atoms with E-state index in [9.17, 15) is 0 Å². The van der Waals surface area contributed by atoms with Crippen molar-refractivity contribution in [3.8, 4) is 44.5 Å². The van der Waals surface area contributed by atoms with Crippen LogP contribution < -0.4 is 9.80 Å². The van der Waals surface area contributed by atoms with Gasteiger partial charge in [-0.1, -0.05) is 194 Å². The first-order chi connectivity index (χ1) is 42.1. The summed E-state index contributed by atoms with van der Waals surface area (Å²) in [5.74, 6) is 0. The fourth-order valence-corrected chi connectivity index (χ4v) is 14.1. The molecular formula is C80H50N2O2S. The highest BCUT2D eigenvalue weighted by Gasteiger charge is 2.23. The van der Waals surface area contributed by atoms with Crippen LogP contribution in [0.2, 0.25) is 0 Å². The van der Waals surface area contributed by atoms with E-state index in [-0.39, 0.29) is 0 Å². The first-order valence-corrected chi connectivity index (χ1v) is 29.7. The Hall–Kier alpha value is -11.0. The molecule has 0 atom stereocenters. The van der Waals surface area contributed by atoms with E-state index in [0.717, 1.165) is 144 Å². The number of rotatable bonds is 10. The summed E-state index contributed by atoms with van der Waals surface area (Å²) in [5.41, 5.74) is 18.8. The fraction of sp³-hybridized carbons (Fsp3) is 0. The van der Waals surface area contributed by atoms with Crippen molar-refractivity contribution in [3.05, 3.63) is 303 Å². The van der Waals surface area contributed by atoms with Gasteiger partial charge in [0, 0.05) is 92.2 Å². The molecule has 85 heavy (non-hydrogen) atoms. The van der Waals surface area contributed by atoms with E-state index in [4.69, 9.17) is 8.83 Å². The lowest BCUT2D eigenvalue weighted by molar-refractivity contribution is 0.670. The maximum absolute atomic E-state index is 7.04. The summed E-state index contributed by atoms with van der Waals surface area (Å²) in [6.07, 6.45) is 0. The van der Waals surface area contributed by atoms with Gasteiger partial charge in [0.2, 0.25) is 0 Å². The van der Waals surface area contributed by atoms with Crippen molar-refractivity contribution in [2.45, 2.75) is 0 Å². The molecule has 0 saturated carbocycles. The number of hydrogen-bond acceptors (Lipinski definition) is 5. The van der Waals surface area contributed by atoms with E-state index in [1.54, 1.807) is 0 Å². The minimum atomic E-state index is 0.843. The quantitative estimate of drug-likeness (QED) is 0.137. The second-order valence-corrected chi connectivity index (χ2v) is 23.0. The third kappa shape index (κ3) is 8.19.